The molecule has 4 bridgehead atoms. The molecular weight excluding hydrogens is 250 g/mol. The highest BCUT2D eigenvalue weighted by molar-refractivity contribution is 5.69. The number of rotatable bonds is 5. The highest BCUT2D eigenvalue weighted by Gasteiger charge is 2.54. The second-order valence-corrected chi connectivity index (χ2v) is 8.13. The second kappa shape index (κ2) is 5.01. The zero-order valence-electron chi connectivity index (χ0n) is 13.1. The Balaban J connectivity index is 1.82. The Morgan fingerprint density at radius 1 is 1.10 bits per heavy atom. The summed E-state index contributed by atoms with van der Waals surface area (Å²) >= 11 is 0. The number of carboxylic acids is 1. The fourth-order valence-corrected chi connectivity index (χ4v) is 5.74. The van der Waals surface area contributed by atoms with Gasteiger partial charge in [-0.1, -0.05) is 6.92 Å². The van der Waals surface area contributed by atoms with Crippen LogP contribution in [0.1, 0.15) is 59.3 Å². The van der Waals surface area contributed by atoms with Crippen molar-refractivity contribution in [3.8, 4) is 0 Å². The summed E-state index contributed by atoms with van der Waals surface area (Å²) in [6.45, 7) is 7.07. The molecule has 3 heteroatoms. The first-order chi connectivity index (χ1) is 9.39. The van der Waals surface area contributed by atoms with Gasteiger partial charge < -0.3 is 5.11 Å². The molecule has 0 heterocycles. The van der Waals surface area contributed by atoms with Crippen molar-refractivity contribution in [2.24, 2.45) is 23.7 Å². The van der Waals surface area contributed by atoms with Crippen LogP contribution in [0.2, 0.25) is 0 Å². The molecule has 1 atom stereocenters. The molecule has 4 rings (SSSR count). The van der Waals surface area contributed by atoms with Gasteiger partial charge in [0.1, 0.15) is 0 Å². The molecular formula is C17H29NO2. The Hall–Kier alpha value is -0.570. The van der Waals surface area contributed by atoms with Crippen LogP contribution in [0.15, 0.2) is 0 Å². The second-order valence-electron chi connectivity index (χ2n) is 8.13. The zero-order chi connectivity index (χ0) is 14.5. The van der Waals surface area contributed by atoms with Crippen molar-refractivity contribution in [3.05, 3.63) is 0 Å². The largest absolute Gasteiger partial charge is 0.481 e. The topological polar surface area (TPSA) is 40.5 Å². The number of nitrogens with zero attached hydrogens (tertiary/aromatic N) is 1. The molecule has 0 spiro atoms. The van der Waals surface area contributed by atoms with Gasteiger partial charge in [-0.15, -0.1) is 0 Å². The van der Waals surface area contributed by atoms with E-state index in [9.17, 15) is 9.90 Å². The third-order valence-corrected chi connectivity index (χ3v) is 6.13. The summed E-state index contributed by atoms with van der Waals surface area (Å²) in [6.07, 6.45) is 8.30. The summed E-state index contributed by atoms with van der Waals surface area (Å²) in [5.74, 6) is 1.85. The molecule has 4 aliphatic rings. The predicted octanol–water partition coefficient (Wildman–Crippen LogP) is 3.39. The fourth-order valence-electron chi connectivity index (χ4n) is 5.74. The van der Waals surface area contributed by atoms with Crippen molar-refractivity contribution in [2.75, 3.05) is 6.54 Å². The molecule has 4 saturated carbocycles. The zero-order valence-corrected chi connectivity index (χ0v) is 13.1. The Morgan fingerprint density at radius 3 is 1.90 bits per heavy atom. The molecule has 0 amide bonds. The van der Waals surface area contributed by atoms with E-state index >= 15 is 0 Å². The Kier molecular flexibility index (Phi) is 3.60. The molecule has 4 aliphatic carbocycles. The van der Waals surface area contributed by atoms with Crippen LogP contribution in [0.25, 0.3) is 0 Å². The van der Waals surface area contributed by atoms with Crippen LogP contribution in [0.3, 0.4) is 0 Å². The third kappa shape index (κ3) is 2.38. The van der Waals surface area contributed by atoms with E-state index in [0.29, 0.717) is 11.6 Å². The number of aliphatic carboxylic acids is 1. The van der Waals surface area contributed by atoms with Crippen LogP contribution in [0.4, 0.5) is 0 Å². The number of hydrogen-bond donors (Lipinski definition) is 1. The number of carboxylic acid groups (broad SMARTS) is 1. The van der Waals surface area contributed by atoms with Crippen LogP contribution in [0.5, 0.6) is 0 Å². The quantitative estimate of drug-likeness (QED) is 0.838. The molecule has 114 valence electrons. The van der Waals surface area contributed by atoms with Crippen LogP contribution < -0.4 is 0 Å². The Labute approximate surface area is 122 Å². The lowest BCUT2D eigenvalue weighted by Crippen LogP contribution is -2.62. The van der Waals surface area contributed by atoms with E-state index in [0.717, 1.165) is 24.3 Å². The minimum atomic E-state index is -0.652. The average molecular weight is 279 g/mol. The van der Waals surface area contributed by atoms with Gasteiger partial charge in [0.15, 0.2) is 0 Å². The van der Waals surface area contributed by atoms with E-state index in [4.69, 9.17) is 0 Å². The molecule has 0 saturated heterocycles. The van der Waals surface area contributed by atoms with E-state index in [-0.39, 0.29) is 5.92 Å². The van der Waals surface area contributed by atoms with E-state index in [1.165, 1.54) is 38.5 Å². The normalized spacial score (nSPS) is 40.5. The molecule has 3 nitrogen and oxygen atoms in total. The van der Waals surface area contributed by atoms with E-state index in [1.807, 2.05) is 6.92 Å². The SMILES string of the molecule is CC(CN(C(C)C)C12CC3CC(CC(C3)C1)C2)C(=O)O. The summed E-state index contributed by atoms with van der Waals surface area (Å²) in [7, 11) is 0. The van der Waals surface area contributed by atoms with Crippen molar-refractivity contribution in [1.29, 1.82) is 0 Å². The maximum Gasteiger partial charge on any atom is 0.307 e. The van der Waals surface area contributed by atoms with Gasteiger partial charge in [-0.2, -0.15) is 0 Å². The molecule has 1 unspecified atom stereocenters. The fraction of sp³-hybridized carbons (Fsp3) is 0.941. The monoisotopic (exact) mass is 279 g/mol. The van der Waals surface area contributed by atoms with Crippen molar-refractivity contribution in [1.82, 2.24) is 4.90 Å². The molecule has 0 aromatic carbocycles. The molecule has 20 heavy (non-hydrogen) atoms. The van der Waals surface area contributed by atoms with Gasteiger partial charge in [-0.05, 0) is 70.1 Å². The smallest absolute Gasteiger partial charge is 0.307 e. The summed E-state index contributed by atoms with van der Waals surface area (Å²) in [4.78, 5) is 13.8. The van der Waals surface area contributed by atoms with E-state index in [1.54, 1.807) is 0 Å². The summed E-state index contributed by atoms with van der Waals surface area (Å²) in [6, 6.07) is 0.452. The molecule has 4 fully saturated rings. The van der Waals surface area contributed by atoms with Crippen LogP contribution in [-0.2, 0) is 4.79 Å². The van der Waals surface area contributed by atoms with Gasteiger partial charge in [-0.25, -0.2) is 0 Å². The van der Waals surface area contributed by atoms with Gasteiger partial charge >= 0.3 is 5.97 Å². The van der Waals surface area contributed by atoms with Crippen LogP contribution in [-0.4, -0.2) is 34.1 Å². The lowest BCUT2D eigenvalue weighted by molar-refractivity contribution is -0.145. The van der Waals surface area contributed by atoms with Crippen molar-refractivity contribution >= 4 is 5.97 Å². The van der Waals surface area contributed by atoms with Gasteiger partial charge in [-0.3, -0.25) is 9.69 Å². The van der Waals surface area contributed by atoms with Gasteiger partial charge in [0.25, 0.3) is 0 Å². The molecule has 0 aliphatic heterocycles. The lowest BCUT2D eigenvalue weighted by Gasteiger charge is -2.61. The van der Waals surface area contributed by atoms with E-state index < -0.39 is 5.97 Å². The van der Waals surface area contributed by atoms with Gasteiger partial charge in [0, 0.05) is 18.1 Å². The maximum absolute atomic E-state index is 11.3. The molecule has 0 aromatic rings. The minimum absolute atomic E-state index is 0.259. The average Bonchev–Trinajstić information content (AvgIpc) is 2.33. The summed E-state index contributed by atoms with van der Waals surface area (Å²) in [5.41, 5.74) is 0.326. The highest BCUT2D eigenvalue weighted by atomic mass is 16.4. The van der Waals surface area contributed by atoms with Crippen LogP contribution >= 0.6 is 0 Å². The first-order valence-corrected chi connectivity index (χ1v) is 8.39. The Bertz CT molecular complexity index is 355. The standard InChI is InChI=1S/C17H29NO2/c1-11(2)18(10-12(3)16(19)20)17-7-13-4-14(8-17)6-15(5-13)9-17/h11-15H,4-10H2,1-3H3,(H,19,20). The summed E-state index contributed by atoms with van der Waals surface area (Å²) < 4.78 is 0. The third-order valence-electron chi connectivity index (χ3n) is 6.13. The minimum Gasteiger partial charge on any atom is -0.481 e. The number of carbonyl (C=O) groups is 1. The van der Waals surface area contributed by atoms with Gasteiger partial charge in [0.05, 0.1) is 5.92 Å². The number of hydrogen-bond acceptors (Lipinski definition) is 2. The predicted molar refractivity (Wildman–Crippen MR) is 79.5 cm³/mol. The Morgan fingerprint density at radius 2 is 1.55 bits per heavy atom. The highest BCUT2D eigenvalue weighted by Crippen LogP contribution is 2.58. The molecule has 1 N–H and O–H groups in total. The van der Waals surface area contributed by atoms with Crippen molar-refractivity contribution in [2.45, 2.75) is 70.9 Å². The van der Waals surface area contributed by atoms with Crippen LogP contribution in [0, 0.1) is 23.7 Å². The first-order valence-electron chi connectivity index (χ1n) is 8.39. The first kappa shape index (κ1) is 14.4. The molecule has 0 radical (unpaired) electrons. The van der Waals surface area contributed by atoms with Gasteiger partial charge in [0.2, 0.25) is 0 Å². The maximum atomic E-state index is 11.3. The van der Waals surface area contributed by atoms with Crippen molar-refractivity contribution in [3.63, 3.8) is 0 Å². The molecule has 0 aromatic heterocycles. The summed E-state index contributed by atoms with van der Waals surface area (Å²) in [5, 5.41) is 9.27. The lowest BCUT2D eigenvalue weighted by atomic mass is 9.52. The van der Waals surface area contributed by atoms with Crippen molar-refractivity contribution < 1.29 is 9.90 Å². The van der Waals surface area contributed by atoms with E-state index in [2.05, 4.69) is 18.7 Å².